The number of nitrogens with zero attached hydrogens (tertiary/aromatic N) is 1. The molecule has 0 unspecified atom stereocenters. The molecule has 1 aromatic carbocycles. The van der Waals surface area contributed by atoms with Crippen molar-refractivity contribution in [2.24, 2.45) is 0 Å². The van der Waals surface area contributed by atoms with E-state index in [0.29, 0.717) is 12.6 Å². The largest absolute Gasteiger partial charge is 0.493 e. The first-order valence-electron chi connectivity index (χ1n) is 7.56. The fourth-order valence-electron chi connectivity index (χ4n) is 1.93. The van der Waals surface area contributed by atoms with Gasteiger partial charge in [-0.05, 0) is 24.1 Å². The van der Waals surface area contributed by atoms with Crippen LogP contribution < -0.4 is 10.1 Å². The van der Waals surface area contributed by atoms with Crippen molar-refractivity contribution in [3.8, 4) is 5.75 Å². The summed E-state index contributed by atoms with van der Waals surface area (Å²) >= 11 is 1.76. The van der Waals surface area contributed by atoms with Crippen LogP contribution in [0.1, 0.15) is 36.2 Å². The zero-order valence-corrected chi connectivity index (χ0v) is 13.9. The van der Waals surface area contributed by atoms with Gasteiger partial charge in [0.05, 0.1) is 11.6 Å². The Hall–Kier alpha value is -1.39. The average Bonchev–Trinajstić information content (AvgIpc) is 2.94. The molecule has 0 aliphatic heterocycles. The van der Waals surface area contributed by atoms with Crippen molar-refractivity contribution in [2.75, 3.05) is 6.61 Å². The number of nitrogens with one attached hydrogen (secondary N) is 1. The number of rotatable bonds is 8. The lowest BCUT2D eigenvalue weighted by Crippen LogP contribution is -2.21. The minimum atomic E-state index is 0.505. The maximum absolute atomic E-state index is 5.77. The summed E-state index contributed by atoms with van der Waals surface area (Å²) in [7, 11) is 0. The molecule has 2 aromatic rings. The van der Waals surface area contributed by atoms with Gasteiger partial charge in [-0.1, -0.05) is 32.9 Å². The highest BCUT2D eigenvalue weighted by atomic mass is 32.1. The quantitative estimate of drug-likeness (QED) is 0.805. The highest BCUT2D eigenvalue weighted by Crippen LogP contribution is 2.16. The first-order valence-corrected chi connectivity index (χ1v) is 8.37. The first-order chi connectivity index (χ1) is 10.2. The maximum atomic E-state index is 5.77. The molecule has 0 bridgehead atoms. The van der Waals surface area contributed by atoms with Crippen molar-refractivity contribution in [3.05, 3.63) is 45.9 Å². The summed E-state index contributed by atoms with van der Waals surface area (Å²) in [5.41, 5.74) is 1.34. The summed E-state index contributed by atoms with van der Waals surface area (Å²) in [6, 6.07) is 8.82. The van der Waals surface area contributed by atoms with Gasteiger partial charge >= 0.3 is 0 Å². The third-order valence-electron chi connectivity index (χ3n) is 3.20. The van der Waals surface area contributed by atoms with Crippen molar-refractivity contribution in [1.82, 2.24) is 10.3 Å². The second-order valence-electron chi connectivity index (χ2n) is 5.35. The van der Waals surface area contributed by atoms with Crippen molar-refractivity contribution in [2.45, 2.75) is 46.2 Å². The second kappa shape index (κ2) is 8.15. The van der Waals surface area contributed by atoms with Gasteiger partial charge in [0.1, 0.15) is 5.75 Å². The Balaban J connectivity index is 1.75. The first kappa shape index (κ1) is 16.0. The molecule has 0 aliphatic rings. The monoisotopic (exact) mass is 304 g/mol. The maximum Gasteiger partial charge on any atom is 0.119 e. The minimum Gasteiger partial charge on any atom is -0.493 e. The number of ether oxygens (including phenoxy) is 1. The molecule has 0 amide bonds. The van der Waals surface area contributed by atoms with Crippen LogP contribution in [0.3, 0.4) is 0 Å². The van der Waals surface area contributed by atoms with Crippen LogP contribution >= 0.6 is 11.3 Å². The van der Waals surface area contributed by atoms with E-state index in [2.05, 4.69) is 43.2 Å². The summed E-state index contributed by atoms with van der Waals surface area (Å²) < 4.78 is 5.77. The topological polar surface area (TPSA) is 34.1 Å². The fraction of sp³-hybridized carbons (Fsp3) is 0.471. The van der Waals surface area contributed by atoms with Gasteiger partial charge in [0.25, 0.3) is 0 Å². The van der Waals surface area contributed by atoms with Crippen LogP contribution in [0.25, 0.3) is 0 Å². The lowest BCUT2D eigenvalue weighted by molar-refractivity contribution is 0.321. The zero-order valence-electron chi connectivity index (χ0n) is 13.1. The Bertz CT molecular complexity index is 534. The van der Waals surface area contributed by atoms with E-state index in [4.69, 9.17) is 4.74 Å². The Morgan fingerprint density at radius 3 is 2.67 bits per heavy atom. The van der Waals surface area contributed by atoms with E-state index in [0.717, 1.165) is 30.1 Å². The molecule has 0 spiro atoms. The lowest BCUT2D eigenvalue weighted by atomic mass is 10.2. The fourth-order valence-corrected chi connectivity index (χ4v) is 2.78. The van der Waals surface area contributed by atoms with Gasteiger partial charge in [-0.2, -0.15) is 0 Å². The minimum absolute atomic E-state index is 0.505. The molecule has 114 valence electrons. The van der Waals surface area contributed by atoms with Crippen LogP contribution in [0.2, 0.25) is 0 Å². The molecule has 0 atom stereocenters. The van der Waals surface area contributed by atoms with Gasteiger partial charge in [0.15, 0.2) is 0 Å². The molecule has 2 rings (SSSR count). The van der Waals surface area contributed by atoms with E-state index in [1.165, 1.54) is 10.4 Å². The van der Waals surface area contributed by atoms with Crippen molar-refractivity contribution in [1.29, 1.82) is 0 Å². The van der Waals surface area contributed by atoms with Crippen LogP contribution in [-0.2, 0) is 19.4 Å². The van der Waals surface area contributed by atoms with E-state index in [1.54, 1.807) is 11.3 Å². The second-order valence-corrected chi connectivity index (χ2v) is 6.55. The third-order valence-corrected chi connectivity index (χ3v) is 4.26. The summed E-state index contributed by atoms with van der Waals surface area (Å²) in [5.74, 6) is 0.936. The number of aryl methyl sites for hydroxylation is 1. The van der Waals surface area contributed by atoms with Gasteiger partial charge in [-0.25, -0.2) is 4.98 Å². The number of thiazole rings is 1. The van der Waals surface area contributed by atoms with Gasteiger partial charge in [0.2, 0.25) is 0 Å². The molecule has 1 aromatic heterocycles. The molecule has 0 radical (unpaired) electrons. The summed E-state index contributed by atoms with van der Waals surface area (Å²) in [6.07, 6.45) is 3.89. The SMILES string of the molecule is CCc1ccc(OCCc2ncc(CNC(C)C)s2)cc1. The van der Waals surface area contributed by atoms with Crippen LogP contribution in [0, 0.1) is 0 Å². The molecule has 1 N–H and O–H groups in total. The van der Waals surface area contributed by atoms with Crippen molar-refractivity contribution >= 4 is 11.3 Å². The van der Waals surface area contributed by atoms with Gasteiger partial charge < -0.3 is 10.1 Å². The Morgan fingerprint density at radius 2 is 2.00 bits per heavy atom. The van der Waals surface area contributed by atoms with E-state index < -0.39 is 0 Å². The molecule has 1 heterocycles. The van der Waals surface area contributed by atoms with Crippen molar-refractivity contribution < 1.29 is 4.74 Å². The van der Waals surface area contributed by atoms with Crippen LogP contribution in [0.4, 0.5) is 0 Å². The highest BCUT2D eigenvalue weighted by Gasteiger charge is 2.03. The molecule has 0 aliphatic carbocycles. The molecule has 3 nitrogen and oxygen atoms in total. The number of hydrogen-bond acceptors (Lipinski definition) is 4. The Kier molecular flexibility index (Phi) is 6.21. The molecule has 4 heteroatoms. The predicted molar refractivity (Wildman–Crippen MR) is 89.1 cm³/mol. The molecular formula is C17H24N2OS. The van der Waals surface area contributed by atoms with E-state index >= 15 is 0 Å². The van der Waals surface area contributed by atoms with Gasteiger partial charge in [-0.15, -0.1) is 11.3 Å². The summed E-state index contributed by atoms with van der Waals surface area (Å²) in [4.78, 5) is 5.73. The highest BCUT2D eigenvalue weighted by molar-refractivity contribution is 7.11. The van der Waals surface area contributed by atoms with E-state index in [9.17, 15) is 0 Å². The molecule has 0 saturated heterocycles. The molecule has 21 heavy (non-hydrogen) atoms. The predicted octanol–water partition coefficient (Wildman–Crippen LogP) is 3.83. The average molecular weight is 304 g/mol. The molecular weight excluding hydrogens is 280 g/mol. The Morgan fingerprint density at radius 1 is 1.24 bits per heavy atom. The standard InChI is InChI=1S/C17H24N2OS/c1-4-14-5-7-15(8-6-14)20-10-9-17-19-12-16(21-17)11-18-13(2)3/h5-8,12-13,18H,4,9-11H2,1-3H3. The molecule has 0 saturated carbocycles. The van der Waals surface area contributed by atoms with E-state index in [-0.39, 0.29) is 0 Å². The summed E-state index contributed by atoms with van der Waals surface area (Å²) in [6.45, 7) is 8.04. The van der Waals surface area contributed by atoms with Crippen LogP contribution in [0.15, 0.2) is 30.5 Å². The lowest BCUT2D eigenvalue weighted by Gasteiger charge is -2.06. The normalized spacial score (nSPS) is 11.0. The Labute approximate surface area is 131 Å². The summed E-state index contributed by atoms with van der Waals surface area (Å²) in [5, 5.41) is 4.55. The van der Waals surface area contributed by atoms with Crippen LogP contribution in [-0.4, -0.2) is 17.6 Å². The zero-order chi connectivity index (χ0) is 15.1. The smallest absolute Gasteiger partial charge is 0.119 e. The van der Waals surface area contributed by atoms with Crippen LogP contribution in [0.5, 0.6) is 5.75 Å². The van der Waals surface area contributed by atoms with Gasteiger partial charge in [-0.3, -0.25) is 0 Å². The third kappa shape index (κ3) is 5.48. The number of hydrogen-bond donors (Lipinski definition) is 1. The molecule has 0 fully saturated rings. The van der Waals surface area contributed by atoms with Gasteiger partial charge in [0, 0.05) is 30.1 Å². The van der Waals surface area contributed by atoms with E-state index in [1.807, 2.05) is 18.3 Å². The van der Waals surface area contributed by atoms with Crippen molar-refractivity contribution in [3.63, 3.8) is 0 Å². The number of benzene rings is 1. The number of aromatic nitrogens is 1.